The van der Waals surface area contributed by atoms with E-state index in [9.17, 15) is 4.79 Å². The molecule has 1 aliphatic rings. The second-order valence-corrected chi connectivity index (χ2v) is 10.2. The molecule has 1 heterocycles. The second-order valence-electron chi connectivity index (χ2n) is 9.24. The largest absolute Gasteiger partial charge is 0.489 e. The fraction of sp³-hybridized carbons (Fsp3) is 0.458. The van der Waals surface area contributed by atoms with Crippen LogP contribution in [-0.2, 0) is 6.61 Å². The number of carbonyl (C=O) groups is 1. The van der Waals surface area contributed by atoms with Crippen LogP contribution < -0.4 is 10.1 Å². The van der Waals surface area contributed by atoms with Crippen molar-refractivity contribution in [2.45, 2.75) is 64.6 Å². The highest BCUT2D eigenvalue weighted by Gasteiger charge is 2.38. The molecule has 4 heteroatoms. The van der Waals surface area contributed by atoms with E-state index in [4.69, 9.17) is 4.74 Å². The fourth-order valence-corrected chi connectivity index (χ4v) is 4.95. The highest BCUT2D eigenvalue weighted by molar-refractivity contribution is 9.10. The van der Waals surface area contributed by atoms with Gasteiger partial charge in [-0.15, -0.1) is 0 Å². The van der Waals surface area contributed by atoms with E-state index in [0.29, 0.717) is 18.9 Å². The molecule has 1 aliphatic heterocycles. The molecule has 0 radical (unpaired) electrons. The third kappa shape index (κ3) is 5.92. The van der Waals surface area contributed by atoms with Crippen molar-refractivity contribution in [2.75, 3.05) is 0 Å². The van der Waals surface area contributed by atoms with Crippen LogP contribution in [0.4, 0.5) is 0 Å². The van der Waals surface area contributed by atoms with Gasteiger partial charge < -0.3 is 10.1 Å². The Hall–Kier alpha value is -1.65. The van der Waals surface area contributed by atoms with Crippen molar-refractivity contribution >= 4 is 21.7 Å². The number of carbonyl (C=O) groups excluding carboxylic acids is 1. The summed E-state index contributed by atoms with van der Waals surface area (Å²) in [6, 6.07) is 15.6. The topological polar surface area (TPSA) is 38.3 Å². The predicted molar refractivity (Wildman–Crippen MR) is 118 cm³/mol. The first-order valence-electron chi connectivity index (χ1n) is 9.92. The molecule has 0 amide bonds. The van der Waals surface area contributed by atoms with Gasteiger partial charge in [0.15, 0.2) is 5.78 Å². The fourth-order valence-electron chi connectivity index (χ4n) is 4.57. The smallest absolute Gasteiger partial charge is 0.163 e. The lowest BCUT2D eigenvalue weighted by molar-refractivity contribution is 0.0864. The Morgan fingerprint density at radius 2 is 1.71 bits per heavy atom. The average Bonchev–Trinajstić information content (AvgIpc) is 2.57. The van der Waals surface area contributed by atoms with E-state index >= 15 is 0 Å². The minimum Gasteiger partial charge on any atom is -0.489 e. The molecule has 1 saturated heterocycles. The molecule has 1 N–H and O–H groups in total. The summed E-state index contributed by atoms with van der Waals surface area (Å²) >= 11 is 3.45. The molecule has 3 nitrogen and oxygen atoms in total. The highest BCUT2D eigenvalue weighted by Crippen LogP contribution is 2.35. The van der Waals surface area contributed by atoms with Crippen molar-refractivity contribution < 1.29 is 9.53 Å². The van der Waals surface area contributed by atoms with Gasteiger partial charge in [-0.2, -0.15) is 0 Å². The number of hydrogen-bond acceptors (Lipinski definition) is 3. The number of Topliss-reactive ketones (excluding diaryl/α,β-unsaturated/α-hetero) is 1. The van der Waals surface area contributed by atoms with Crippen LogP contribution in [0.3, 0.4) is 0 Å². The van der Waals surface area contributed by atoms with Crippen LogP contribution in [0.2, 0.25) is 0 Å². The van der Waals surface area contributed by atoms with E-state index < -0.39 is 0 Å². The SMILES string of the molecule is CC1(C)CC(CC(=O)c2ccc(COc3cccc(Br)c3)cc2)CC(C)(C)N1. The number of halogens is 1. The number of rotatable bonds is 6. The molecule has 0 spiro atoms. The highest BCUT2D eigenvalue weighted by atomic mass is 79.9. The number of hydrogen-bond donors (Lipinski definition) is 1. The molecular formula is C24H30BrNO2. The molecule has 28 heavy (non-hydrogen) atoms. The molecule has 0 aromatic heterocycles. The van der Waals surface area contributed by atoms with Gasteiger partial charge >= 0.3 is 0 Å². The first kappa shape index (κ1) is 21.1. The van der Waals surface area contributed by atoms with Crippen LogP contribution in [0.5, 0.6) is 5.75 Å². The van der Waals surface area contributed by atoms with Gasteiger partial charge in [0.1, 0.15) is 12.4 Å². The summed E-state index contributed by atoms with van der Waals surface area (Å²) in [5.41, 5.74) is 1.99. The van der Waals surface area contributed by atoms with Gasteiger partial charge in [0, 0.05) is 27.5 Å². The molecule has 0 aliphatic carbocycles. The zero-order chi connectivity index (χ0) is 20.4. The summed E-state index contributed by atoms with van der Waals surface area (Å²) in [5, 5.41) is 3.69. The molecule has 2 aromatic rings. The summed E-state index contributed by atoms with van der Waals surface area (Å²) in [4.78, 5) is 12.8. The number of nitrogens with one attached hydrogen (secondary N) is 1. The van der Waals surface area contributed by atoms with Crippen molar-refractivity contribution in [3.63, 3.8) is 0 Å². The zero-order valence-corrected chi connectivity index (χ0v) is 18.8. The van der Waals surface area contributed by atoms with E-state index in [1.807, 2.05) is 48.5 Å². The minimum absolute atomic E-state index is 0.0698. The van der Waals surface area contributed by atoms with E-state index in [2.05, 4.69) is 48.9 Å². The van der Waals surface area contributed by atoms with Crippen LogP contribution >= 0.6 is 15.9 Å². The Bertz CT molecular complexity index is 811. The van der Waals surface area contributed by atoms with Gasteiger partial charge in [0.2, 0.25) is 0 Å². The van der Waals surface area contributed by atoms with Crippen LogP contribution in [0.1, 0.15) is 62.9 Å². The van der Waals surface area contributed by atoms with Gasteiger partial charge in [0.05, 0.1) is 0 Å². The first-order valence-corrected chi connectivity index (χ1v) is 10.7. The lowest BCUT2D eigenvalue weighted by Gasteiger charge is -2.46. The second kappa shape index (κ2) is 8.38. The number of benzene rings is 2. The third-order valence-electron chi connectivity index (χ3n) is 5.23. The molecular weight excluding hydrogens is 414 g/mol. The van der Waals surface area contributed by atoms with Crippen molar-refractivity contribution in [2.24, 2.45) is 5.92 Å². The van der Waals surface area contributed by atoms with Gasteiger partial charge in [-0.25, -0.2) is 0 Å². The van der Waals surface area contributed by atoms with E-state index in [1.165, 1.54) is 0 Å². The quantitative estimate of drug-likeness (QED) is 0.543. The Morgan fingerprint density at radius 1 is 1.07 bits per heavy atom. The maximum Gasteiger partial charge on any atom is 0.163 e. The lowest BCUT2D eigenvalue weighted by atomic mass is 9.74. The Balaban J connectivity index is 1.57. The Kier molecular flexibility index (Phi) is 6.31. The maximum atomic E-state index is 12.8. The summed E-state index contributed by atoms with van der Waals surface area (Å²) in [6.45, 7) is 9.40. The first-order chi connectivity index (χ1) is 13.1. The van der Waals surface area contributed by atoms with E-state index in [-0.39, 0.29) is 16.9 Å². The molecule has 2 aromatic carbocycles. The van der Waals surface area contributed by atoms with Gasteiger partial charge in [0.25, 0.3) is 0 Å². The normalized spacial score (nSPS) is 18.6. The lowest BCUT2D eigenvalue weighted by Crippen LogP contribution is -2.57. The number of piperidine rings is 1. The van der Waals surface area contributed by atoms with Crippen LogP contribution in [0.25, 0.3) is 0 Å². The number of ether oxygens (including phenoxy) is 1. The van der Waals surface area contributed by atoms with Crippen molar-refractivity contribution in [3.05, 3.63) is 64.1 Å². The molecule has 0 atom stereocenters. The maximum absolute atomic E-state index is 12.8. The molecule has 1 fully saturated rings. The molecule has 0 bridgehead atoms. The van der Waals surface area contributed by atoms with Crippen molar-refractivity contribution in [1.82, 2.24) is 5.32 Å². The van der Waals surface area contributed by atoms with Gasteiger partial charge in [-0.3, -0.25) is 4.79 Å². The third-order valence-corrected chi connectivity index (χ3v) is 5.72. The Labute approximate surface area is 177 Å². The van der Waals surface area contributed by atoms with Gasteiger partial charge in [-0.1, -0.05) is 46.3 Å². The molecule has 0 saturated carbocycles. The summed E-state index contributed by atoms with van der Waals surface area (Å²) in [6.07, 6.45) is 2.67. The number of ketones is 1. The minimum atomic E-state index is 0.0698. The van der Waals surface area contributed by atoms with Crippen LogP contribution in [0, 0.1) is 5.92 Å². The summed E-state index contributed by atoms with van der Waals surface area (Å²) in [5.74, 6) is 1.47. The molecule has 150 valence electrons. The molecule has 0 unspecified atom stereocenters. The summed E-state index contributed by atoms with van der Waals surface area (Å²) in [7, 11) is 0. The van der Waals surface area contributed by atoms with Crippen LogP contribution in [0.15, 0.2) is 53.0 Å². The van der Waals surface area contributed by atoms with E-state index in [1.54, 1.807) is 0 Å². The van der Waals surface area contributed by atoms with Crippen LogP contribution in [-0.4, -0.2) is 16.9 Å². The predicted octanol–water partition coefficient (Wildman–Crippen LogP) is 6.16. The molecule has 3 rings (SSSR count). The average molecular weight is 444 g/mol. The van der Waals surface area contributed by atoms with Crippen molar-refractivity contribution in [3.8, 4) is 5.75 Å². The standard InChI is InChI=1S/C24H30BrNO2/c1-23(2)14-18(15-24(3,4)26-23)12-22(27)19-10-8-17(9-11-19)16-28-21-7-5-6-20(25)13-21/h5-11,13,18,26H,12,14-16H2,1-4H3. The van der Waals surface area contributed by atoms with Crippen molar-refractivity contribution in [1.29, 1.82) is 0 Å². The van der Waals surface area contributed by atoms with Gasteiger partial charge in [-0.05, 0) is 70.2 Å². The van der Waals surface area contributed by atoms with E-state index in [0.717, 1.165) is 34.2 Å². The monoisotopic (exact) mass is 443 g/mol. The summed E-state index contributed by atoms with van der Waals surface area (Å²) < 4.78 is 6.81. The Morgan fingerprint density at radius 3 is 2.32 bits per heavy atom. The zero-order valence-electron chi connectivity index (χ0n) is 17.2.